The molecule has 1 aliphatic carbocycles. The van der Waals surface area contributed by atoms with Crippen LogP contribution in [0.3, 0.4) is 0 Å². The van der Waals surface area contributed by atoms with Gasteiger partial charge in [-0.2, -0.15) is 11.8 Å². The summed E-state index contributed by atoms with van der Waals surface area (Å²) in [6.45, 7) is 0. The second-order valence-corrected chi connectivity index (χ2v) is 6.60. The van der Waals surface area contributed by atoms with E-state index in [9.17, 15) is 5.11 Å². The van der Waals surface area contributed by atoms with Gasteiger partial charge in [0.25, 0.3) is 0 Å². The smallest absolute Gasteiger partial charge is 0.0895 e. The normalized spacial score (nSPS) is 18.5. The third-order valence-electron chi connectivity index (χ3n) is 3.11. The molecule has 1 aliphatic rings. The van der Waals surface area contributed by atoms with Gasteiger partial charge in [0.05, 0.1) is 6.10 Å². The Labute approximate surface area is 117 Å². The predicted molar refractivity (Wildman–Crippen MR) is 76.1 cm³/mol. The van der Waals surface area contributed by atoms with Gasteiger partial charge in [-0.15, -0.1) is 0 Å². The SMILES string of the molecule is OC(CSC1CCCC1)c1cc(Cl)ccc1Cl. The lowest BCUT2D eigenvalue weighted by Crippen LogP contribution is -2.05. The third-order valence-corrected chi connectivity index (χ3v) is 5.14. The van der Waals surface area contributed by atoms with Gasteiger partial charge in [-0.3, -0.25) is 0 Å². The maximum atomic E-state index is 10.1. The molecule has 1 nitrogen and oxygen atoms in total. The van der Waals surface area contributed by atoms with Crippen LogP contribution in [0.5, 0.6) is 0 Å². The number of benzene rings is 1. The first kappa shape index (κ1) is 13.5. The van der Waals surface area contributed by atoms with E-state index in [0.717, 1.165) is 5.56 Å². The zero-order chi connectivity index (χ0) is 12.3. The Morgan fingerprint density at radius 1 is 1.29 bits per heavy atom. The summed E-state index contributed by atoms with van der Waals surface area (Å²) >= 11 is 13.8. The van der Waals surface area contributed by atoms with Crippen molar-refractivity contribution in [3.63, 3.8) is 0 Å². The summed E-state index contributed by atoms with van der Waals surface area (Å²) in [5, 5.41) is 12.0. The molecule has 1 fully saturated rings. The molecule has 94 valence electrons. The number of thioether (sulfide) groups is 1. The van der Waals surface area contributed by atoms with E-state index in [1.807, 2.05) is 11.8 Å². The molecule has 0 saturated heterocycles. The number of aliphatic hydroxyl groups excluding tert-OH is 1. The third kappa shape index (κ3) is 3.78. The zero-order valence-electron chi connectivity index (χ0n) is 9.53. The molecule has 0 bridgehead atoms. The van der Waals surface area contributed by atoms with Crippen LogP contribution in [0.4, 0.5) is 0 Å². The number of halogens is 2. The lowest BCUT2D eigenvalue weighted by atomic mass is 10.1. The Hall–Kier alpha value is 0.110. The minimum atomic E-state index is -0.521. The van der Waals surface area contributed by atoms with Crippen LogP contribution in [-0.2, 0) is 0 Å². The Kier molecular flexibility index (Phi) is 5.04. The Balaban J connectivity index is 1.93. The van der Waals surface area contributed by atoms with Crippen LogP contribution in [0.15, 0.2) is 18.2 Å². The van der Waals surface area contributed by atoms with Crippen molar-refractivity contribution in [3.8, 4) is 0 Å². The van der Waals surface area contributed by atoms with Gasteiger partial charge in [-0.1, -0.05) is 36.0 Å². The molecule has 1 atom stereocenters. The molecule has 0 radical (unpaired) electrons. The second kappa shape index (κ2) is 6.33. The Morgan fingerprint density at radius 2 is 2.00 bits per heavy atom. The van der Waals surface area contributed by atoms with Gasteiger partial charge < -0.3 is 5.11 Å². The molecule has 0 aromatic heterocycles. The van der Waals surface area contributed by atoms with Crippen molar-refractivity contribution in [1.29, 1.82) is 0 Å². The summed E-state index contributed by atoms with van der Waals surface area (Å²) in [6.07, 6.45) is 4.69. The zero-order valence-corrected chi connectivity index (χ0v) is 11.9. The molecule has 4 heteroatoms. The van der Waals surface area contributed by atoms with Gasteiger partial charge in [0.15, 0.2) is 0 Å². The molecule has 2 rings (SSSR count). The van der Waals surface area contributed by atoms with Gasteiger partial charge in [0.1, 0.15) is 0 Å². The number of hydrogen-bond donors (Lipinski definition) is 1. The molecule has 1 aromatic carbocycles. The first-order chi connectivity index (χ1) is 8.16. The highest BCUT2D eigenvalue weighted by molar-refractivity contribution is 7.99. The molecule has 0 heterocycles. The van der Waals surface area contributed by atoms with Crippen molar-refractivity contribution in [2.24, 2.45) is 0 Å². The molecular weight excluding hydrogens is 275 g/mol. The molecule has 17 heavy (non-hydrogen) atoms. The molecule has 1 aromatic rings. The second-order valence-electron chi connectivity index (χ2n) is 4.42. The van der Waals surface area contributed by atoms with Crippen LogP contribution < -0.4 is 0 Å². The van der Waals surface area contributed by atoms with Crippen LogP contribution >= 0.6 is 35.0 Å². The summed E-state index contributed by atoms with van der Waals surface area (Å²) in [5.41, 5.74) is 0.740. The average Bonchev–Trinajstić information content (AvgIpc) is 2.82. The summed E-state index contributed by atoms with van der Waals surface area (Å²) in [7, 11) is 0. The van der Waals surface area contributed by atoms with Gasteiger partial charge in [0.2, 0.25) is 0 Å². The number of rotatable bonds is 4. The fraction of sp³-hybridized carbons (Fsp3) is 0.538. The Bertz CT molecular complexity index is 378. The van der Waals surface area contributed by atoms with Crippen LogP contribution in [0.1, 0.15) is 37.4 Å². The maximum Gasteiger partial charge on any atom is 0.0895 e. The van der Waals surface area contributed by atoms with E-state index in [0.29, 0.717) is 21.0 Å². The van der Waals surface area contributed by atoms with Crippen molar-refractivity contribution in [1.82, 2.24) is 0 Å². The van der Waals surface area contributed by atoms with E-state index in [1.165, 1.54) is 25.7 Å². The van der Waals surface area contributed by atoms with Crippen molar-refractivity contribution in [2.45, 2.75) is 37.0 Å². The Morgan fingerprint density at radius 3 is 2.71 bits per heavy atom. The van der Waals surface area contributed by atoms with E-state index in [1.54, 1.807) is 18.2 Å². The molecule has 0 amide bonds. The van der Waals surface area contributed by atoms with E-state index in [-0.39, 0.29) is 0 Å². The fourth-order valence-electron chi connectivity index (χ4n) is 2.14. The maximum absolute atomic E-state index is 10.1. The lowest BCUT2D eigenvalue weighted by Gasteiger charge is -2.15. The standard InChI is InChI=1S/C13H16Cl2OS/c14-9-5-6-12(15)11(7-9)13(16)8-17-10-3-1-2-4-10/h5-7,10,13,16H,1-4,8H2. The van der Waals surface area contributed by atoms with Crippen molar-refractivity contribution < 1.29 is 5.11 Å². The highest BCUT2D eigenvalue weighted by atomic mass is 35.5. The lowest BCUT2D eigenvalue weighted by molar-refractivity contribution is 0.204. The first-order valence-corrected chi connectivity index (χ1v) is 7.72. The predicted octanol–water partition coefficient (Wildman–Crippen LogP) is 4.70. The van der Waals surface area contributed by atoms with E-state index in [4.69, 9.17) is 23.2 Å². The molecule has 0 spiro atoms. The monoisotopic (exact) mass is 290 g/mol. The minimum absolute atomic E-state index is 0.521. The van der Waals surface area contributed by atoms with Gasteiger partial charge in [0, 0.05) is 26.6 Å². The summed E-state index contributed by atoms with van der Waals surface area (Å²) in [6, 6.07) is 5.23. The number of hydrogen-bond acceptors (Lipinski definition) is 2. The molecule has 1 saturated carbocycles. The van der Waals surface area contributed by atoms with E-state index < -0.39 is 6.10 Å². The number of aliphatic hydroxyl groups is 1. The molecule has 1 N–H and O–H groups in total. The van der Waals surface area contributed by atoms with Crippen LogP contribution in [-0.4, -0.2) is 16.1 Å². The van der Waals surface area contributed by atoms with Crippen molar-refractivity contribution >= 4 is 35.0 Å². The van der Waals surface area contributed by atoms with Gasteiger partial charge in [-0.05, 0) is 31.0 Å². The molecule has 0 aliphatic heterocycles. The topological polar surface area (TPSA) is 20.2 Å². The average molecular weight is 291 g/mol. The first-order valence-electron chi connectivity index (χ1n) is 5.91. The van der Waals surface area contributed by atoms with E-state index in [2.05, 4.69) is 0 Å². The quantitative estimate of drug-likeness (QED) is 0.867. The van der Waals surface area contributed by atoms with Crippen molar-refractivity contribution in [2.75, 3.05) is 5.75 Å². The fourth-order valence-corrected chi connectivity index (χ4v) is 3.87. The largest absolute Gasteiger partial charge is 0.387 e. The summed E-state index contributed by atoms with van der Waals surface area (Å²) in [5.74, 6) is 0.699. The van der Waals surface area contributed by atoms with Crippen LogP contribution in [0.2, 0.25) is 10.0 Å². The molecule has 1 unspecified atom stereocenters. The van der Waals surface area contributed by atoms with Crippen molar-refractivity contribution in [3.05, 3.63) is 33.8 Å². The highest BCUT2D eigenvalue weighted by Gasteiger charge is 2.18. The summed E-state index contributed by atoms with van der Waals surface area (Å²) in [4.78, 5) is 0. The highest BCUT2D eigenvalue weighted by Crippen LogP contribution is 2.34. The van der Waals surface area contributed by atoms with Gasteiger partial charge >= 0.3 is 0 Å². The van der Waals surface area contributed by atoms with Gasteiger partial charge in [-0.25, -0.2) is 0 Å². The van der Waals surface area contributed by atoms with Crippen LogP contribution in [0, 0.1) is 0 Å². The van der Waals surface area contributed by atoms with E-state index >= 15 is 0 Å². The molecular formula is C13H16Cl2OS. The summed E-state index contributed by atoms with van der Waals surface area (Å²) < 4.78 is 0. The minimum Gasteiger partial charge on any atom is -0.387 e. The van der Waals surface area contributed by atoms with Crippen LogP contribution in [0.25, 0.3) is 0 Å².